The SMILES string of the molecule is CCCCCCCCCCCC(=O)O[C@@]1(CO)O[C@H](O[C@H]2[C@H](O)[C@@H](O)[C@H](O)O[C@@H]2CO)[C@H](O)[C@H](O)[C@@]1(O)OC(=O)CCCCCCCCCCC. The first-order valence-electron chi connectivity index (χ1n) is 19.2. The Kier molecular flexibility index (Phi) is 21.5. The highest BCUT2D eigenvalue weighted by Crippen LogP contribution is 2.42. The fourth-order valence-corrected chi connectivity index (χ4v) is 6.48. The van der Waals surface area contributed by atoms with E-state index in [-0.39, 0.29) is 12.8 Å². The second-order valence-corrected chi connectivity index (χ2v) is 14.0. The van der Waals surface area contributed by atoms with E-state index >= 15 is 0 Å². The Balaban J connectivity index is 2.16. The largest absolute Gasteiger partial charge is 0.423 e. The van der Waals surface area contributed by atoms with Crippen molar-refractivity contribution in [3.63, 3.8) is 0 Å². The number of ether oxygens (including phenoxy) is 5. The highest BCUT2D eigenvalue weighted by Gasteiger charge is 2.70. The van der Waals surface area contributed by atoms with Crippen molar-refractivity contribution in [2.45, 2.75) is 203 Å². The molecule has 10 atom stereocenters. The van der Waals surface area contributed by atoms with Crippen LogP contribution in [0.2, 0.25) is 0 Å². The van der Waals surface area contributed by atoms with E-state index in [1.54, 1.807) is 0 Å². The number of aliphatic hydroxyl groups is 8. The van der Waals surface area contributed by atoms with Gasteiger partial charge in [-0.05, 0) is 12.8 Å². The van der Waals surface area contributed by atoms with Crippen LogP contribution in [0.3, 0.4) is 0 Å². The van der Waals surface area contributed by atoms with Crippen molar-refractivity contribution in [3.05, 3.63) is 0 Å². The Morgan fingerprint density at radius 3 is 1.53 bits per heavy atom. The highest BCUT2D eigenvalue weighted by atomic mass is 16.8. The van der Waals surface area contributed by atoms with Gasteiger partial charge >= 0.3 is 23.5 Å². The first kappa shape index (κ1) is 45.7. The van der Waals surface area contributed by atoms with E-state index in [1.165, 1.54) is 25.7 Å². The van der Waals surface area contributed by atoms with Crippen molar-refractivity contribution >= 4 is 11.9 Å². The minimum Gasteiger partial charge on any atom is -0.423 e. The zero-order valence-corrected chi connectivity index (χ0v) is 30.6. The molecule has 15 nitrogen and oxygen atoms in total. The third kappa shape index (κ3) is 13.7. The summed E-state index contributed by atoms with van der Waals surface area (Å²) in [5.41, 5.74) is 0. The molecule has 0 aromatic rings. The molecule has 0 saturated carbocycles. The van der Waals surface area contributed by atoms with Crippen molar-refractivity contribution in [1.82, 2.24) is 0 Å². The molecule has 2 aliphatic rings. The Morgan fingerprint density at radius 1 is 0.627 bits per heavy atom. The van der Waals surface area contributed by atoms with Crippen LogP contribution in [0.15, 0.2) is 0 Å². The minimum atomic E-state index is -3.32. The third-order valence-corrected chi connectivity index (χ3v) is 9.71. The van der Waals surface area contributed by atoms with Crippen LogP contribution in [0.5, 0.6) is 0 Å². The van der Waals surface area contributed by atoms with Gasteiger partial charge in [-0.25, -0.2) is 0 Å². The molecule has 0 bridgehead atoms. The Labute approximate surface area is 302 Å². The molecular formula is C36H66O15. The van der Waals surface area contributed by atoms with E-state index in [0.29, 0.717) is 25.7 Å². The molecule has 2 rings (SSSR count). The summed E-state index contributed by atoms with van der Waals surface area (Å²) in [6, 6.07) is 0. The number of hydrogen-bond acceptors (Lipinski definition) is 15. The molecule has 2 heterocycles. The fraction of sp³-hybridized carbons (Fsp3) is 0.944. The van der Waals surface area contributed by atoms with Crippen LogP contribution in [0, 0.1) is 0 Å². The van der Waals surface area contributed by atoms with Crippen molar-refractivity contribution in [2.75, 3.05) is 13.2 Å². The summed E-state index contributed by atoms with van der Waals surface area (Å²) in [6.45, 7) is 2.09. The Hall–Kier alpha value is -1.50. The number of carbonyl (C=O) groups is 2. The van der Waals surface area contributed by atoms with E-state index in [2.05, 4.69) is 13.8 Å². The summed E-state index contributed by atoms with van der Waals surface area (Å²) < 4.78 is 27.0. The van der Waals surface area contributed by atoms with Gasteiger partial charge in [0.25, 0.3) is 0 Å². The van der Waals surface area contributed by atoms with Crippen molar-refractivity contribution < 1.29 is 74.1 Å². The number of rotatable bonds is 26. The lowest BCUT2D eigenvalue weighted by molar-refractivity contribution is -0.480. The van der Waals surface area contributed by atoms with E-state index in [1.807, 2.05) is 0 Å². The normalized spacial score (nSPS) is 32.5. The average Bonchev–Trinajstić information content (AvgIpc) is 3.11. The molecule has 2 fully saturated rings. The van der Waals surface area contributed by atoms with Gasteiger partial charge in [-0.3, -0.25) is 9.59 Å². The van der Waals surface area contributed by atoms with Gasteiger partial charge in [-0.15, -0.1) is 0 Å². The molecule has 2 saturated heterocycles. The summed E-state index contributed by atoms with van der Waals surface area (Å²) in [6.07, 6.45) is 1.28. The number of esters is 2. The van der Waals surface area contributed by atoms with Gasteiger partial charge in [0.15, 0.2) is 18.7 Å². The van der Waals surface area contributed by atoms with Gasteiger partial charge in [-0.1, -0.05) is 117 Å². The van der Waals surface area contributed by atoms with Crippen molar-refractivity contribution in [1.29, 1.82) is 0 Å². The van der Waals surface area contributed by atoms with Gasteiger partial charge < -0.3 is 64.5 Å². The summed E-state index contributed by atoms with van der Waals surface area (Å²) in [5, 5.41) is 84.8. The van der Waals surface area contributed by atoms with Gasteiger partial charge in [-0.2, -0.15) is 0 Å². The van der Waals surface area contributed by atoms with Gasteiger partial charge in [0.1, 0.15) is 37.1 Å². The Bertz CT molecular complexity index is 969. The van der Waals surface area contributed by atoms with E-state index in [9.17, 15) is 50.4 Å². The summed E-state index contributed by atoms with van der Waals surface area (Å²) in [4.78, 5) is 26.1. The molecule has 300 valence electrons. The maximum absolute atomic E-state index is 13.1. The molecule has 0 aliphatic carbocycles. The lowest BCUT2D eigenvalue weighted by Crippen LogP contribution is -2.77. The number of carbonyl (C=O) groups excluding carboxylic acids is 2. The summed E-state index contributed by atoms with van der Waals surface area (Å²) in [5.74, 6) is -8.33. The second kappa shape index (κ2) is 24.0. The van der Waals surface area contributed by atoms with Gasteiger partial charge in [0.2, 0.25) is 0 Å². The summed E-state index contributed by atoms with van der Waals surface area (Å²) in [7, 11) is 0. The van der Waals surface area contributed by atoms with Crippen LogP contribution in [-0.4, -0.2) is 127 Å². The number of aliphatic hydroxyl groups excluding tert-OH is 7. The third-order valence-electron chi connectivity index (χ3n) is 9.71. The van der Waals surface area contributed by atoms with Crippen LogP contribution >= 0.6 is 0 Å². The van der Waals surface area contributed by atoms with Crippen LogP contribution in [0.25, 0.3) is 0 Å². The van der Waals surface area contributed by atoms with Crippen LogP contribution < -0.4 is 0 Å². The maximum Gasteiger partial charge on any atom is 0.308 e. The minimum absolute atomic E-state index is 0.181. The molecule has 0 spiro atoms. The molecule has 15 heteroatoms. The molecule has 2 aliphatic heterocycles. The van der Waals surface area contributed by atoms with Crippen LogP contribution in [0.1, 0.15) is 142 Å². The molecule has 0 radical (unpaired) electrons. The fourth-order valence-electron chi connectivity index (χ4n) is 6.48. The predicted molar refractivity (Wildman–Crippen MR) is 182 cm³/mol. The number of unbranched alkanes of at least 4 members (excludes halogenated alkanes) is 16. The molecule has 51 heavy (non-hydrogen) atoms. The predicted octanol–water partition coefficient (Wildman–Crippen LogP) is 2.19. The first-order chi connectivity index (χ1) is 24.4. The lowest BCUT2D eigenvalue weighted by Gasteiger charge is -2.53. The van der Waals surface area contributed by atoms with Crippen LogP contribution in [0.4, 0.5) is 0 Å². The smallest absolute Gasteiger partial charge is 0.308 e. The molecular weight excluding hydrogens is 672 g/mol. The van der Waals surface area contributed by atoms with E-state index < -0.39 is 85.9 Å². The molecule has 0 amide bonds. The molecule has 0 unspecified atom stereocenters. The average molecular weight is 739 g/mol. The van der Waals surface area contributed by atoms with Gasteiger partial charge in [0, 0.05) is 12.8 Å². The zero-order chi connectivity index (χ0) is 37.9. The van der Waals surface area contributed by atoms with E-state index in [0.717, 1.165) is 64.2 Å². The maximum atomic E-state index is 13.1. The van der Waals surface area contributed by atoms with Crippen LogP contribution in [-0.2, 0) is 33.3 Å². The lowest BCUT2D eigenvalue weighted by atomic mass is 9.91. The van der Waals surface area contributed by atoms with Crippen molar-refractivity contribution in [2.24, 2.45) is 0 Å². The molecule has 8 N–H and O–H groups in total. The topological polar surface area (TPSA) is 242 Å². The molecule has 0 aromatic carbocycles. The Morgan fingerprint density at radius 2 is 1.08 bits per heavy atom. The van der Waals surface area contributed by atoms with E-state index in [4.69, 9.17) is 23.7 Å². The highest BCUT2D eigenvalue weighted by molar-refractivity contribution is 5.71. The quantitative estimate of drug-likeness (QED) is 0.0360. The monoisotopic (exact) mass is 738 g/mol. The standard InChI is InChI=1S/C36H66O15/c1-3-5-7-9-11-13-15-17-19-21-26(39)49-35(24-38)36(46,50-27(40)22-20-18-16-14-12-10-8-6-4-2)32(44)30(43)34(51-35)48-31-25(23-37)47-33(45)29(42)28(31)41/h25,28-34,37-38,41-46H,3-24H2,1-2H3/t25-,28-,29-,30-,31-,32+,33-,34+,35+,36-/m1/s1. The second-order valence-electron chi connectivity index (χ2n) is 14.0. The molecule has 0 aromatic heterocycles. The first-order valence-corrected chi connectivity index (χ1v) is 19.2. The summed E-state index contributed by atoms with van der Waals surface area (Å²) >= 11 is 0. The van der Waals surface area contributed by atoms with Gasteiger partial charge in [0.05, 0.1) is 6.61 Å². The zero-order valence-electron chi connectivity index (χ0n) is 30.6. The number of hydrogen-bond donors (Lipinski definition) is 8. The van der Waals surface area contributed by atoms with Crippen molar-refractivity contribution in [3.8, 4) is 0 Å².